The van der Waals surface area contributed by atoms with Crippen molar-refractivity contribution in [2.45, 2.75) is 32.6 Å². The highest BCUT2D eigenvalue weighted by atomic mass is 28.3. The van der Waals surface area contributed by atoms with Gasteiger partial charge in [-0.05, 0) is 24.6 Å². The fraction of sp³-hybridized carbons (Fsp3) is 0.462. The van der Waals surface area contributed by atoms with Crippen LogP contribution in [0.4, 0.5) is 0 Å². The number of benzene rings is 1. The van der Waals surface area contributed by atoms with Crippen molar-refractivity contribution in [1.29, 1.82) is 0 Å². The quantitative estimate of drug-likeness (QED) is 0.661. The maximum atomic E-state index is 11.7. The maximum Gasteiger partial charge on any atom is 0.341 e. The van der Waals surface area contributed by atoms with E-state index in [1.54, 1.807) is 25.1 Å². The van der Waals surface area contributed by atoms with Gasteiger partial charge in [-0.2, -0.15) is 0 Å². The van der Waals surface area contributed by atoms with Gasteiger partial charge in [0.05, 0.1) is 6.61 Å². The van der Waals surface area contributed by atoms with Crippen molar-refractivity contribution in [2.75, 3.05) is 6.61 Å². The molecule has 0 aliphatic heterocycles. The van der Waals surface area contributed by atoms with Gasteiger partial charge in [-0.1, -0.05) is 31.8 Å². The molecule has 0 amide bonds. The number of aryl methyl sites for hydroxylation is 1. The molecule has 1 aromatic rings. The smallest absolute Gasteiger partial charge is 0.341 e. The number of ether oxygens (including phenoxy) is 1. The first kappa shape index (κ1) is 13.8. The molecule has 0 radical (unpaired) electrons. The molecule has 17 heavy (non-hydrogen) atoms. The zero-order chi connectivity index (χ0) is 13.1. The highest BCUT2D eigenvalue weighted by molar-refractivity contribution is 6.76. The van der Waals surface area contributed by atoms with E-state index < -0.39 is 14.0 Å². The van der Waals surface area contributed by atoms with E-state index >= 15 is 0 Å². The summed E-state index contributed by atoms with van der Waals surface area (Å²) < 4.78 is 5.18. The van der Waals surface area contributed by atoms with Crippen molar-refractivity contribution < 1.29 is 14.6 Å². The number of carbonyl (C=O) groups excluding carboxylic acids is 1. The Labute approximate surface area is 103 Å². The van der Waals surface area contributed by atoms with E-state index in [4.69, 9.17) is 4.74 Å². The highest BCUT2D eigenvalue weighted by Crippen LogP contribution is 2.22. The predicted molar refractivity (Wildman–Crippen MR) is 71.3 cm³/mol. The molecule has 0 saturated carbocycles. The Bertz CT molecular complexity index is 408. The lowest BCUT2D eigenvalue weighted by Crippen LogP contribution is -2.22. The summed E-state index contributed by atoms with van der Waals surface area (Å²) in [5, 5.41) is 9.74. The molecule has 0 atom stereocenters. The second-order valence-corrected chi connectivity index (χ2v) is 11.0. The zero-order valence-corrected chi connectivity index (χ0v) is 11.9. The van der Waals surface area contributed by atoms with Crippen LogP contribution in [0.5, 0.6) is 5.75 Å². The van der Waals surface area contributed by atoms with Gasteiger partial charge in [-0.25, -0.2) is 4.79 Å². The van der Waals surface area contributed by atoms with Crippen molar-refractivity contribution in [3.05, 3.63) is 29.3 Å². The van der Waals surface area contributed by atoms with Crippen molar-refractivity contribution in [3.8, 4) is 5.75 Å². The van der Waals surface area contributed by atoms with Crippen molar-refractivity contribution in [1.82, 2.24) is 0 Å². The molecule has 1 N–H and O–H groups in total. The van der Waals surface area contributed by atoms with Gasteiger partial charge in [0, 0.05) is 8.07 Å². The van der Waals surface area contributed by atoms with E-state index in [1.807, 2.05) is 0 Å². The molecule has 0 heterocycles. The summed E-state index contributed by atoms with van der Waals surface area (Å²) in [5.74, 6) is -0.421. The molecule has 1 aromatic carbocycles. The number of para-hydroxylation sites is 1. The molecule has 1 rings (SSSR count). The van der Waals surface area contributed by atoms with E-state index in [9.17, 15) is 9.90 Å². The van der Waals surface area contributed by atoms with Crippen molar-refractivity contribution in [2.24, 2.45) is 0 Å². The molecule has 4 heteroatoms. The third kappa shape index (κ3) is 4.23. The second-order valence-electron chi connectivity index (χ2n) is 5.42. The number of aromatic hydroxyl groups is 1. The van der Waals surface area contributed by atoms with Crippen LogP contribution in [0.25, 0.3) is 0 Å². The van der Waals surface area contributed by atoms with Crippen molar-refractivity contribution in [3.63, 3.8) is 0 Å². The number of rotatable bonds is 4. The molecule has 0 aliphatic rings. The molecule has 94 valence electrons. The van der Waals surface area contributed by atoms with Gasteiger partial charge in [-0.15, -0.1) is 0 Å². The standard InChI is InChI=1S/C13H20O3Si/c1-10-6-5-7-11(12(10)14)13(15)16-8-9-17(2,3)4/h5-7,14H,8-9H2,1-4H3. The Kier molecular flexibility index (Phi) is 4.34. The molecule has 0 aliphatic carbocycles. The van der Waals surface area contributed by atoms with E-state index in [0.717, 1.165) is 6.04 Å². The first-order valence-electron chi connectivity index (χ1n) is 5.77. The highest BCUT2D eigenvalue weighted by Gasteiger charge is 2.17. The van der Waals surface area contributed by atoms with Crippen LogP contribution in [-0.4, -0.2) is 25.8 Å². The van der Waals surface area contributed by atoms with Gasteiger partial charge >= 0.3 is 5.97 Å². The van der Waals surface area contributed by atoms with Crippen LogP contribution in [0, 0.1) is 6.92 Å². The van der Waals surface area contributed by atoms with E-state index in [0.29, 0.717) is 12.2 Å². The topological polar surface area (TPSA) is 46.5 Å². The Hall–Kier alpha value is -1.29. The number of esters is 1. The Morgan fingerprint density at radius 1 is 1.35 bits per heavy atom. The molecule has 0 unspecified atom stereocenters. The minimum absolute atomic E-state index is 0.0190. The Morgan fingerprint density at radius 2 is 2.00 bits per heavy atom. The molecule has 3 nitrogen and oxygen atoms in total. The minimum Gasteiger partial charge on any atom is -0.507 e. The fourth-order valence-corrected chi connectivity index (χ4v) is 2.07. The summed E-state index contributed by atoms with van der Waals surface area (Å²) in [6, 6.07) is 6.02. The van der Waals surface area contributed by atoms with Crippen LogP contribution < -0.4 is 0 Å². The van der Waals surface area contributed by atoms with Crippen LogP contribution >= 0.6 is 0 Å². The summed E-state index contributed by atoms with van der Waals surface area (Å²) in [4.78, 5) is 11.7. The van der Waals surface area contributed by atoms with Gasteiger partial charge in [0.25, 0.3) is 0 Å². The average Bonchev–Trinajstić information content (AvgIpc) is 2.20. The largest absolute Gasteiger partial charge is 0.507 e. The molecular formula is C13H20O3Si. The average molecular weight is 252 g/mol. The summed E-state index contributed by atoms with van der Waals surface area (Å²) in [5.41, 5.74) is 0.935. The lowest BCUT2D eigenvalue weighted by molar-refractivity contribution is 0.0522. The van der Waals surface area contributed by atoms with E-state index in [-0.39, 0.29) is 11.3 Å². The van der Waals surface area contributed by atoms with Gasteiger partial charge in [0.15, 0.2) is 0 Å². The molecular weight excluding hydrogens is 232 g/mol. The third-order valence-electron chi connectivity index (χ3n) is 2.54. The lowest BCUT2D eigenvalue weighted by Gasteiger charge is -2.15. The molecule has 0 fully saturated rings. The predicted octanol–water partition coefficient (Wildman–Crippen LogP) is 3.20. The van der Waals surface area contributed by atoms with E-state index in [2.05, 4.69) is 19.6 Å². The SMILES string of the molecule is Cc1cccc(C(=O)OCC[Si](C)(C)C)c1O. The number of hydrogen-bond donors (Lipinski definition) is 1. The first-order valence-corrected chi connectivity index (χ1v) is 9.48. The van der Waals surface area contributed by atoms with Crippen LogP contribution in [0.2, 0.25) is 25.7 Å². The molecule has 0 bridgehead atoms. The van der Waals surface area contributed by atoms with Crippen LogP contribution in [-0.2, 0) is 4.74 Å². The lowest BCUT2D eigenvalue weighted by atomic mass is 10.1. The van der Waals surface area contributed by atoms with Crippen molar-refractivity contribution >= 4 is 14.0 Å². The van der Waals surface area contributed by atoms with Gasteiger partial charge in [0.2, 0.25) is 0 Å². The number of phenolic OH excluding ortho intramolecular Hbond substituents is 1. The number of hydrogen-bond acceptors (Lipinski definition) is 3. The number of carbonyl (C=O) groups is 1. The molecule has 0 aromatic heterocycles. The summed E-state index contributed by atoms with van der Waals surface area (Å²) in [6.45, 7) is 8.87. The van der Waals surface area contributed by atoms with Gasteiger partial charge < -0.3 is 9.84 Å². The third-order valence-corrected chi connectivity index (χ3v) is 4.25. The first-order chi connectivity index (χ1) is 7.81. The van der Waals surface area contributed by atoms with E-state index in [1.165, 1.54) is 0 Å². The van der Waals surface area contributed by atoms with Crippen LogP contribution in [0.3, 0.4) is 0 Å². The van der Waals surface area contributed by atoms with Gasteiger partial charge in [-0.3, -0.25) is 0 Å². The fourth-order valence-electron chi connectivity index (χ4n) is 1.35. The molecule has 0 saturated heterocycles. The normalized spacial score (nSPS) is 11.3. The molecule has 0 spiro atoms. The minimum atomic E-state index is -1.19. The summed E-state index contributed by atoms with van der Waals surface area (Å²) in [7, 11) is -1.19. The van der Waals surface area contributed by atoms with Gasteiger partial charge in [0.1, 0.15) is 11.3 Å². The zero-order valence-electron chi connectivity index (χ0n) is 10.9. The Morgan fingerprint density at radius 3 is 2.59 bits per heavy atom. The summed E-state index contributed by atoms with van der Waals surface area (Å²) >= 11 is 0. The number of phenols is 1. The second kappa shape index (κ2) is 5.36. The Balaban J connectivity index is 2.62. The van der Waals surface area contributed by atoms with Crippen LogP contribution in [0.15, 0.2) is 18.2 Å². The maximum absolute atomic E-state index is 11.7. The van der Waals surface area contributed by atoms with Crippen LogP contribution in [0.1, 0.15) is 15.9 Å². The summed E-state index contributed by atoms with van der Waals surface area (Å²) in [6.07, 6.45) is 0. The monoisotopic (exact) mass is 252 g/mol.